The van der Waals surface area contributed by atoms with Crippen LogP contribution in [0, 0.1) is 0 Å². The molecule has 0 saturated carbocycles. The molecule has 0 aromatic heterocycles. The van der Waals surface area contributed by atoms with E-state index in [2.05, 4.69) is 68.0 Å². The lowest BCUT2D eigenvalue weighted by Gasteiger charge is -2.23. The number of hydrogen-bond acceptors (Lipinski definition) is 6. The quantitative estimate of drug-likeness (QED) is 0.605. The lowest BCUT2D eigenvalue weighted by molar-refractivity contribution is 0.209. The van der Waals surface area contributed by atoms with Crippen LogP contribution >= 0.6 is 38.4 Å². The van der Waals surface area contributed by atoms with E-state index in [1.54, 1.807) is 0 Å². The van der Waals surface area contributed by atoms with E-state index in [9.17, 15) is 0 Å². The molecule has 3 fully saturated rings. The monoisotopic (exact) mass is 453 g/mol. The van der Waals surface area contributed by atoms with Gasteiger partial charge in [0.25, 0.3) is 0 Å². The normalized spacial score (nSPS) is 21.0. The lowest BCUT2D eigenvalue weighted by atomic mass is 10.2. The molecule has 0 aromatic carbocycles. The van der Waals surface area contributed by atoms with Crippen molar-refractivity contribution < 1.29 is 14.1 Å². The zero-order valence-electron chi connectivity index (χ0n) is 15.9. The number of nitrogens with one attached hydrogen (secondary N) is 3. The first-order valence-corrected chi connectivity index (χ1v) is 10.4. The van der Waals surface area contributed by atoms with E-state index in [-0.39, 0.29) is 14.1 Å². The Kier molecular flexibility index (Phi) is 27.4. The fraction of sp³-hybridized carbons (Fsp3) is 1.00. The molecule has 0 atom stereocenters. The SMILES string of the molecule is F.F.F.[S]NN1CCCCC1.[S]NN1CCCCC1.[S]NN1CCCCC1. The van der Waals surface area contributed by atoms with Gasteiger partial charge in [0.2, 0.25) is 0 Å². The molecule has 3 heterocycles. The minimum atomic E-state index is 0. The summed E-state index contributed by atoms with van der Waals surface area (Å²) in [4.78, 5) is 8.16. The van der Waals surface area contributed by atoms with Gasteiger partial charge in [-0.25, -0.2) is 15.0 Å². The third kappa shape index (κ3) is 17.2. The number of piperidine rings is 3. The smallest absolute Gasteiger partial charge is 0.0218 e. The predicted octanol–water partition coefficient (Wildman–Crippen LogP) is 3.73. The Morgan fingerprint density at radius 3 is 0.667 bits per heavy atom. The highest BCUT2D eigenvalue weighted by molar-refractivity contribution is 7.78. The van der Waals surface area contributed by atoms with Gasteiger partial charge in [0.05, 0.1) is 0 Å². The first-order chi connectivity index (χ1) is 11.8. The highest BCUT2D eigenvalue weighted by Gasteiger charge is 2.07. The summed E-state index contributed by atoms with van der Waals surface area (Å²) < 4.78 is 0. The van der Waals surface area contributed by atoms with Gasteiger partial charge in [-0.3, -0.25) is 14.1 Å². The van der Waals surface area contributed by atoms with Crippen molar-refractivity contribution >= 4 is 38.4 Å². The van der Waals surface area contributed by atoms with Crippen LogP contribution in [0.25, 0.3) is 0 Å². The van der Waals surface area contributed by atoms with Gasteiger partial charge in [-0.1, -0.05) is 19.3 Å². The Morgan fingerprint density at radius 2 is 0.556 bits per heavy atom. The fourth-order valence-electron chi connectivity index (χ4n) is 2.96. The first-order valence-electron chi connectivity index (χ1n) is 9.18. The third-order valence-corrected chi connectivity index (χ3v) is 5.23. The van der Waals surface area contributed by atoms with E-state index in [4.69, 9.17) is 0 Å². The second-order valence-electron chi connectivity index (χ2n) is 6.42. The van der Waals surface area contributed by atoms with Crippen LogP contribution in [0.5, 0.6) is 0 Å². The third-order valence-electron chi connectivity index (χ3n) is 4.46. The van der Waals surface area contributed by atoms with Crippen molar-refractivity contribution in [1.82, 2.24) is 29.5 Å². The van der Waals surface area contributed by atoms with Gasteiger partial charge >= 0.3 is 0 Å². The molecule has 0 unspecified atom stereocenters. The van der Waals surface area contributed by atoms with E-state index in [1.165, 1.54) is 57.8 Å². The van der Waals surface area contributed by atoms with Crippen LogP contribution in [0.1, 0.15) is 57.8 Å². The van der Waals surface area contributed by atoms with Crippen LogP contribution < -0.4 is 14.5 Å². The van der Waals surface area contributed by atoms with Gasteiger partial charge < -0.3 is 0 Å². The molecule has 3 aliphatic heterocycles. The maximum atomic E-state index is 4.65. The largest absolute Gasteiger partial charge is 0.269 e. The van der Waals surface area contributed by atoms with E-state index < -0.39 is 0 Å². The summed E-state index contributed by atoms with van der Waals surface area (Å²) in [5, 5.41) is 6.25. The Labute approximate surface area is 179 Å². The molecule has 0 aliphatic carbocycles. The predicted molar refractivity (Wildman–Crippen MR) is 116 cm³/mol. The molecule has 3 saturated heterocycles. The summed E-state index contributed by atoms with van der Waals surface area (Å²) in [6, 6.07) is 0. The fourth-order valence-corrected chi connectivity index (χ4v) is 3.50. The topological polar surface area (TPSA) is 45.8 Å². The summed E-state index contributed by atoms with van der Waals surface area (Å²) in [7, 11) is 0. The van der Waals surface area contributed by atoms with Crippen LogP contribution in [0.2, 0.25) is 0 Å². The molecule has 3 N–H and O–H groups in total. The number of rotatable bonds is 3. The van der Waals surface area contributed by atoms with Crippen molar-refractivity contribution in [3.8, 4) is 0 Å². The maximum absolute atomic E-state index is 4.65. The van der Waals surface area contributed by atoms with E-state index in [1.807, 2.05) is 0 Å². The van der Waals surface area contributed by atoms with Gasteiger partial charge in [0.1, 0.15) is 0 Å². The minimum Gasteiger partial charge on any atom is -0.269 e. The van der Waals surface area contributed by atoms with E-state index in [0.29, 0.717) is 0 Å². The van der Waals surface area contributed by atoms with Crippen LogP contribution in [0.3, 0.4) is 0 Å². The number of hydrogen-bond donors (Lipinski definition) is 3. The van der Waals surface area contributed by atoms with Crippen LogP contribution in [0.15, 0.2) is 0 Å². The number of hydrazine groups is 3. The summed E-state index contributed by atoms with van der Waals surface area (Å²) in [5.74, 6) is 0. The van der Waals surface area contributed by atoms with Crippen LogP contribution in [-0.4, -0.2) is 54.3 Å². The Hall–Kier alpha value is 0.600. The highest BCUT2D eigenvalue weighted by Crippen LogP contribution is 2.06. The van der Waals surface area contributed by atoms with Gasteiger partial charge in [-0.2, -0.15) is 14.5 Å². The molecule has 0 spiro atoms. The van der Waals surface area contributed by atoms with Crippen molar-refractivity contribution in [2.45, 2.75) is 57.8 Å². The second kappa shape index (κ2) is 22.9. The Morgan fingerprint density at radius 1 is 0.370 bits per heavy atom. The molecular formula is C15H36F3N6S3. The molecule has 6 nitrogen and oxygen atoms in total. The summed E-state index contributed by atoms with van der Waals surface area (Å²) in [6.45, 7) is 6.77. The number of halogens is 3. The summed E-state index contributed by atoms with van der Waals surface area (Å²) >= 11 is 13.9. The van der Waals surface area contributed by atoms with Crippen LogP contribution in [0.4, 0.5) is 14.1 Å². The molecule has 0 amide bonds. The van der Waals surface area contributed by atoms with Crippen LogP contribution in [-0.2, 0) is 0 Å². The summed E-state index contributed by atoms with van der Waals surface area (Å²) in [6.07, 6.45) is 11.9. The molecule has 27 heavy (non-hydrogen) atoms. The average Bonchev–Trinajstić information content (AvgIpc) is 2.71. The maximum Gasteiger partial charge on any atom is 0.0218 e. The average molecular weight is 454 g/mol. The molecule has 3 radical (unpaired) electrons. The molecule has 3 aliphatic rings. The second-order valence-corrected chi connectivity index (χ2v) is 6.96. The highest BCUT2D eigenvalue weighted by atomic mass is 32.1. The van der Waals surface area contributed by atoms with Crippen molar-refractivity contribution in [3.05, 3.63) is 0 Å². The summed E-state index contributed by atoms with van der Waals surface area (Å²) in [5.41, 5.74) is 0. The molecule has 165 valence electrons. The molecular weight excluding hydrogens is 417 g/mol. The van der Waals surface area contributed by atoms with E-state index >= 15 is 0 Å². The van der Waals surface area contributed by atoms with Crippen molar-refractivity contribution in [2.75, 3.05) is 39.3 Å². The number of nitrogens with zero attached hydrogens (tertiary/aromatic N) is 3. The standard InChI is InChI=1S/3C5H11N2S.3FH/c3*8-6-7-4-2-1-3-5-7;;;/h3*6H,1-5H2;3*1H. The molecule has 12 heteroatoms. The first kappa shape index (κ1) is 32.3. The van der Waals surface area contributed by atoms with Crippen molar-refractivity contribution in [3.63, 3.8) is 0 Å². The molecule has 3 rings (SSSR count). The zero-order chi connectivity index (χ0) is 17.5. The van der Waals surface area contributed by atoms with E-state index in [0.717, 1.165) is 39.3 Å². The van der Waals surface area contributed by atoms with Gasteiger partial charge in [-0.05, 0) is 38.5 Å². The van der Waals surface area contributed by atoms with Gasteiger partial charge in [-0.15, -0.1) is 0 Å². The van der Waals surface area contributed by atoms with Crippen molar-refractivity contribution in [2.24, 2.45) is 0 Å². The van der Waals surface area contributed by atoms with Crippen molar-refractivity contribution in [1.29, 1.82) is 0 Å². The molecule has 0 aromatic rings. The zero-order valence-corrected chi connectivity index (χ0v) is 18.3. The Balaban J connectivity index is -0.000000303. The van der Waals surface area contributed by atoms with Gasteiger partial charge in [0, 0.05) is 77.7 Å². The van der Waals surface area contributed by atoms with Gasteiger partial charge in [0.15, 0.2) is 0 Å². The molecule has 0 bridgehead atoms. The minimum absolute atomic E-state index is 0. The Bertz CT molecular complexity index is 241. The lowest BCUT2D eigenvalue weighted by Crippen LogP contribution is -2.36.